The standard InChI is InChI=1S/C15H14ClNO3S/c1-20-17-12(6-9-15(18)19)10-2-4-11(5-3-10)13-7-8-14(16)21-13/h2-5,7-8H,6,9H2,1H3,(H,18,19)/b17-12+. The van der Waals surface area contributed by atoms with Crippen LogP contribution in [0.2, 0.25) is 4.34 Å². The molecule has 0 saturated heterocycles. The van der Waals surface area contributed by atoms with E-state index in [1.165, 1.54) is 18.4 Å². The maximum Gasteiger partial charge on any atom is 0.303 e. The molecule has 2 aromatic rings. The fourth-order valence-corrected chi connectivity index (χ4v) is 2.92. The predicted octanol–water partition coefficient (Wildman–Crippen LogP) is 4.28. The Bertz CT molecular complexity index is 649. The molecule has 1 heterocycles. The molecule has 0 unspecified atom stereocenters. The lowest BCUT2D eigenvalue weighted by molar-refractivity contribution is -0.136. The zero-order valence-electron chi connectivity index (χ0n) is 11.4. The third-order valence-corrected chi connectivity index (χ3v) is 4.13. The van der Waals surface area contributed by atoms with Gasteiger partial charge in [-0.1, -0.05) is 41.0 Å². The van der Waals surface area contributed by atoms with E-state index in [4.69, 9.17) is 21.5 Å². The van der Waals surface area contributed by atoms with Gasteiger partial charge >= 0.3 is 5.97 Å². The summed E-state index contributed by atoms with van der Waals surface area (Å²) in [5, 5.41) is 12.7. The van der Waals surface area contributed by atoms with Crippen LogP contribution in [-0.4, -0.2) is 23.9 Å². The Morgan fingerprint density at radius 3 is 2.48 bits per heavy atom. The molecule has 110 valence electrons. The molecular formula is C15H14ClNO3S. The highest BCUT2D eigenvalue weighted by Gasteiger charge is 2.09. The van der Waals surface area contributed by atoms with E-state index >= 15 is 0 Å². The molecule has 0 amide bonds. The van der Waals surface area contributed by atoms with Crippen molar-refractivity contribution in [1.82, 2.24) is 0 Å². The number of hydrogen-bond donors (Lipinski definition) is 1. The van der Waals surface area contributed by atoms with Crippen LogP contribution in [0, 0.1) is 0 Å². The Morgan fingerprint density at radius 1 is 1.24 bits per heavy atom. The highest BCUT2D eigenvalue weighted by atomic mass is 35.5. The van der Waals surface area contributed by atoms with Crippen LogP contribution in [0.3, 0.4) is 0 Å². The summed E-state index contributed by atoms with van der Waals surface area (Å²) < 4.78 is 0.747. The molecule has 0 aliphatic carbocycles. The van der Waals surface area contributed by atoms with Crippen LogP contribution in [0.25, 0.3) is 10.4 Å². The Morgan fingerprint density at radius 2 is 1.95 bits per heavy atom. The summed E-state index contributed by atoms with van der Waals surface area (Å²) >= 11 is 7.44. The van der Waals surface area contributed by atoms with Gasteiger partial charge in [-0.25, -0.2) is 0 Å². The van der Waals surface area contributed by atoms with Gasteiger partial charge in [-0.05, 0) is 23.3 Å². The highest BCUT2D eigenvalue weighted by Crippen LogP contribution is 2.31. The first kappa shape index (κ1) is 15.5. The van der Waals surface area contributed by atoms with Crippen molar-refractivity contribution in [2.75, 3.05) is 7.11 Å². The largest absolute Gasteiger partial charge is 0.481 e. The summed E-state index contributed by atoms with van der Waals surface area (Å²) in [6.45, 7) is 0. The molecular weight excluding hydrogens is 310 g/mol. The number of benzene rings is 1. The topological polar surface area (TPSA) is 58.9 Å². The molecule has 0 spiro atoms. The van der Waals surface area contributed by atoms with Gasteiger partial charge in [0.1, 0.15) is 7.11 Å². The van der Waals surface area contributed by atoms with Crippen LogP contribution in [0.4, 0.5) is 0 Å². The van der Waals surface area contributed by atoms with Crippen molar-refractivity contribution in [2.24, 2.45) is 5.16 Å². The Kier molecular flexibility index (Phi) is 5.36. The van der Waals surface area contributed by atoms with E-state index in [1.807, 2.05) is 36.4 Å². The molecule has 1 aromatic heterocycles. The first-order chi connectivity index (χ1) is 10.1. The first-order valence-corrected chi connectivity index (χ1v) is 7.47. The molecule has 6 heteroatoms. The average Bonchev–Trinajstić information content (AvgIpc) is 2.90. The number of halogens is 1. The highest BCUT2D eigenvalue weighted by molar-refractivity contribution is 7.19. The maximum atomic E-state index is 10.7. The van der Waals surface area contributed by atoms with Crippen LogP contribution < -0.4 is 0 Å². The third-order valence-electron chi connectivity index (χ3n) is 2.85. The van der Waals surface area contributed by atoms with E-state index in [0.29, 0.717) is 12.1 Å². The Labute approximate surface area is 131 Å². The second kappa shape index (κ2) is 7.24. The van der Waals surface area contributed by atoms with E-state index in [2.05, 4.69) is 5.16 Å². The number of carbonyl (C=O) groups is 1. The van der Waals surface area contributed by atoms with Crippen molar-refractivity contribution in [3.05, 3.63) is 46.3 Å². The molecule has 4 nitrogen and oxygen atoms in total. The van der Waals surface area contributed by atoms with Gasteiger partial charge in [0.05, 0.1) is 16.5 Å². The van der Waals surface area contributed by atoms with Crippen molar-refractivity contribution in [1.29, 1.82) is 0 Å². The van der Waals surface area contributed by atoms with Crippen molar-refractivity contribution in [2.45, 2.75) is 12.8 Å². The number of rotatable bonds is 6. The Balaban J connectivity index is 2.19. The first-order valence-electron chi connectivity index (χ1n) is 6.28. The number of thiophene rings is 1. The molecule has 0 bridgehead atoms. The summed E-state index contributed by atoms with van der Waals surface area (Å²) in [7, 11) is 1.45. The minimum atomic E-state index is -0.858. The lowest BCUT2D eigenvalue weighted by atomic mass is 10.0. The van der Waals surface area contributed by atoms with Gasteiger partial charge in [-0.15, -0.1) is 11.3 Å². The van der Waals surface area contributed by atoms with Crippen LogP contribution in [-0.2, 0) is 9.63 Å². The zero-order valence-corrected chi connectivity index (χ0v) is 12.9. The van der Waals surface area contributed by atoms with Crippen LogP contribution in [0.1, 0.15) is 18.4 Å². The summed E-state index contributed by atoms with van der Waals surface area (Å²) in [5.41, 5.74) is 2.53. The monoisotopic (exact) mass is 323 g/mol. The molecule has 0 atom stereocenters. The SMILES string of the molecule is CO/N=C(\CCC(=O)O)c1ccc(-c2ccc(Cl)s2)cc1. The molecule has 0 aliphatic heterocycles. The van der Waals surface area contributed by atoms with Gasteiger partial charge < -0.3 is 9.94 Å². The molecule has 21 heavy (non-hydrogen) atoms. The minimum absolute atomic E-state index is 0.0183. The van der Waals surface area contributed by atoms with Crippen molar-refractivity contribution in [3.63, 3.8) is 0 Å². The number of oxime groups is 1. The lowest BCUT2D eigenvalue weighted by Gasteiger charge is -2.05. The van der Waals surface area contributed by atoms with Gasteiger partial charge in [0.25, 0.3) is 0 Å². The number of hydrogen-bond acceptors (Lipinski definition) is 4. The van der Waals surface area contributed by atoms with Gasteiger partial charge in [0, 0.05) is 11.3 Å². The lowest BCUT2D eigenvalue weighted by Crippen LogP contribution is -2.05. The van der Waals surface area contributed by atoms with Crippen LogP contribution >= 0.6 is 22.9 Å². The molecule has 0 fully saturated rings. The molecule has 1 N–H and O–H groups in total. The molecule has 0 saturated carbocycles. The van der Waals surface area contributed by atoms with Gasteiger partial charge in [0.15, 0.2) is 0 Å². The number of aliphatic carboxylic acids is 1. The van der Waals surface area contributed by atoms with Gasteiger partial charge in [-0.3, -0.25) is 4.79 Å². The van der Waals surface area contributed by atoms with E-state index in [-0.39, 0.29) is 6.42 Å². The smallest absolute Gasteiger partial charge is 0.303 e. The second-order valence-corrected chi connectivity index (χ2v) is 6.01. The normalized spacial score (nSPS) is 11.4. The molecule has 0 radical (unpaired) electrons. The second-order valence-electron chi connectivity index (χ2n) is 4.30. The quantitative estimate of drug-likeness (QED) is 0.637. The fraction of sp³-hybridized carbons (Fsp3) is 0.200. The zero-order chi connectivity index (χ0) is 15.2. The summed E-state index contributed by atoms with van der Waals surface area (Å²) in [6.07, 6.45) is 0.345. The van der Waals surface area contributed by atoms with E-state index in [1.54, 1.807) is 0 Å². The molecule has 1 aromatic carbocycles. The van der Waals surface area contributed by atoms with Crippen LogP contribution in [0.15, 0.2) is 41.6 Å². The summed E-state index contributed by atoms with van der Waals surface area (Å²) in [6, 6.07) is 11.6. The van der Waals surface area contributed by atoms with Crippen molar-refractivity contribution < 1.29 is 14.7 Å². The summed E-state index contributed by atoms with van der Waals surface area (Å²) in [5.74, 6) is -0.858. The maximum absolute atomic E-state index is 10.7. The molecule has 0 aliphatic rings. The van der Waals surface area contributed by atoms with Crippen molar-refractivity contribution in [3.8, 4) is 10.4 Å². The summed E-state index contributed by atoms with van der Waals surface area (Å²) in [4.78, 5) is 16.5. The van der Waals surface area contributed by atoms with Gasteiger partial charge in [0.2, 0.25) is 0 Å². The predicted molar refractivity (Wildman–Crippen MR) is 85.2 cm³/mol. The number of carboxylic acid groups (broad SMARTS) is 1. The average molecular weight is 324 g/mol. The third kappa shape index (κ3) is 4.31. The minimum Gasteiger partial charge on any atom is -0.481 e. The van der Waals surface area contributed by atoms with E-state index < -0.39 is 5.97 Å². The molecule has 2 rings (SSSR count). The number of nitrogens with zero attached hydrogens (tertiary/aromatic N) is 1. The van der Waals surface area contributed by atoms with Crippen molar-refractivity contribution >= 4 is 34.6 Å². The van der Waals surface area contributed by atoms with E-state index in [9.17, 15) is 4.79 Å². The fourth-order valence-electron chi connectivity index (χ4n) is 1.87. The van der Waals surface area contributed by atoms with Crippen LogP contribution in [0.5, 0.6) is 0 Å². The Hall–Kier alpha value is -1.85. The van der Waals surface area contributed by atoms with Gasteiger partial charge in [-0.2, -0.15) is 0 Å². The van der Waals surface area contributed by atoms with E-state index in [0.717, 1.165) is 20.3 Å². The number of carboxylic acids is 1.